The predicted molar refractivity (Wildman–Crippen MR) is 82.8 cm³/mol. The van der Waals surface area contributed by atoms with Crippen LogP contribution < -0.4 is 10.5 Å². The average molecular weight is 274 g/mol. The van der Waals surface area contributed by atoms with E-state index in [0.717, 1.165) is 12.2 Å². The van der Waals surface area contributed by atoms with Crippen molar-refractivity contribution in [3.8, 4) is 11.8 Å². The van der Waals surface area contributed by atoms with Crippen molar-refractivity contribution in [2.24, 2.45) is 5.73 Å². The number of ether oxygens (including phenoxy) is 1. The molecule has 0 aliphatic carbocycles. The molecule has 20 heavy (non-hydrogen) atoms. The quantitative estimate of drug-likeness (QED) is 0.833. The van der Waals surface area contributed by atoms with Crippen LogP contribution in [0.4, 0.5) is 0 Å². The number of rotatable bonds is 5. The van der Waals surface area contributed by atoms with Crippen LogP contribution in [-0.4, -0.2) is 12.1 Å². The summed E-state index contributed by atoms with van der Waals surface area (Å²) in [7, 11) is 0. The summed E-state index contributed by atoms with van der Waals surface area (Å²) < 4.78 is 5.89. The van der Waals surface area contributed by atoms with Crippen LogP contribution in [0.25, 0.3) is 0 Å². The first-order valence-electron chi connectivity index (χ1n) is 7.10. The summed E-state index contributed by atoms with van der Waals surface area (Å²) in [5, 5.41) is 8.88. The molecule has 1 atom stereocenters. The third-order valence-corrected chi connectivity index (χ3v) is 3.30. The van der Waals surface area contributed by atoms with E-state index < -0.39 is 5.54 Å². The Hall–Kier alpha value is -1.53. The van der Waals surface area contributed by atoms with Gasteiger partial charge in [0.2, 0.25) is 0 Å². The Kier molecular flexibility index (Phi) is 5.19. The Labute approximate surface area is 122 Å². The summed E-state index contributed by atoms with van der Waals surface area (Å²) in [5.41, 5.74) is 7.54. The van der Waals surface area contributed by atoms with Gasteiger partial charge in [0.05, 0.1) is 12.7 Å². The number of hydrogen-bond acceptors (Lipinski definition) is 3. The fraction of sp³-hybridized carbons (Fsp3) is 0.588. The average Bonchev–Trinajstić information content (AvgIpc) is 2.35. The van der Waals surface area contributed by atoms with Crippen molar-refractivity contribution < 1.29 is 4.74 Å². The molecule has 1 aromatic rings. The summed E-state index contributed by atoms with van der Waals surface area (Å²) in [4.78, 5) is 0. The van der Waals surface area contributed by atoms with E-state index in [1.165, 1.54) is 11.1 Å². The maximum Gasteiger partial charge on any atom is 0.123 e. The molecule has 0 bridgehead atoms. The van der Waals surface area contributed by atoms with Crippen LogP contribution in [0, 0.1) is 18.3 Å². The van der Waals surface area contributed by atoms with Crippen LogP contribution in [0.2, 0.25) is 0 Å². The van der Waals surface area contributed by atoms with E-state index in [1.54, 1.807) is 6.92 Å². The number of nitrogens with zero attached hydrogens (tertiary/aromatic N) is 1. The van der Waals surface area contributed by atoms with E-state index in [4.69, 9.17) is 15.7 Å². The Morgan fingerprint density at radius 2 is 1.90 bits per heavy atom. The lowest BCUT2D eigenvalue weighted by Crippen LogP contribution is -2.34. The fourth-order valence-electron chi connectivity index (χ4n) is 2.03. The van der Waals surface area contributed by atoms with Crippen molar-refractivity contribution in [2.45, 2.75) is 58.4 Å². The molecule has 0 aromatic heterocycles. The summed E-state index contributed by atoms with van der Waals surface area (Å²) in [6, 6.07) is 8.38. The largest absolute Gasteiger partial charge is 0.493 e. The van der Waals surface area contributed by atoms with Crippen LogP contribution in [0.5, 0.6) is 5.75 Å². The number of benzene rings is 1. The van der Waals surface area contributed by atoms with Crippen molar-refractivity contribution in [2.75, 3.05) is 6.61 Å². The highest BCUT2D eigenvalue weighted by Crippen LogP contribution is 2.32. The molecule has 0 fully saturated rings. The van der Waals surface area contributed by atoms with Crippen LogP contribution >= 0.6 is 0 Å². The van der Waals surface area contributed by atoms with E-state index in [1.807, 2.05) is 6.07 Å². The molecule has 1 aromatic carbocycles. The maximum atomic E-state index is 8.88. The molecule has 2 N–H and O–H groups in total. The van der Waals surface area contributed by atoms with Gasteiger partial charge < -0.3 is 10.5 Å². The smallest absolute Gasteiger partial charge is 0.123 e. The fourth-order valence-corrected chi connectivity index (χ4v) is 2.03. The number of nitrogens with two attached hydrogens (primary N) is 1. The third-order valence-electron chi connectivity index (χ3n) is 3.30. The van der Waals surface area contributed by atoms with Gasteiger partial charge in [-0.25, -0.2) is 0 Å². The van der Waals surface area contributed by atoms with E-state index in [-0.39, 0.29) is 5.41 Å². The molecule has 1 unspecified atom stereocenters. The normalized spacial score (nSPS) is 14.4. The van der Waals surface area contributed by atoms with Crippen molar-refractivity contribution >= 4 is 0 Å². The zero-order valence-corrected chi connectivity index (χ0v) is 13.3. The minimum absolute atomic E-state index is 0.0520. The van der Waals surface area contributed by atoms with Gasteiger partial charge in [-0.3, -0.25) is 0 Å². The molecule has 1 rings (SSSR count). The molecule has 0 heterocycles. The Bertz CT molecular complexity index is 493. The Balaban J connectivity index is 2.68. The van der Waals surface area contributed by atoms with Gasteiger partial charge in [0.15, 0.2) is 0 Å². The molecular formula is C17H26N2O. The summed E-state index contributed by atoms with van der Waals surface area (Å²) in [6.07, 6.45) is 1.41. The Morgan fingerprint density at radius 1 is 1.25 bits per heavy atom. The van der Waals surface area contributed by atoms with E-state index in [2.05, 4.69) is 45.9 Å². The second-order valence-electron chi connectivity index (χ2n) is 6.73. The highest BCUT2D eigenvalue weighted by molar-refractivity contribution is 5.41. The monoisotopic (exact) mass is 274 g/mol. The second-order valence-corrected chi connectivity index (χ2v) is 6.73. The van der Waals surface area contributed by atoms with Crippen molar-refractivity contribution in [3.05, 3.63) is 29.3 Å². The highest BCUT2D eigenvalue weighted by atomic mass is 16.5. The zero-order chi connectivity index (χ0) is 15.4. The lowest BCUT2D eigenvalue weighted by molar-refractivity contribution is 0.289. The zero-order valence-electron chi connectivity index (χ0n) is 13.3. The first-order valence-corrected chi connectivity index (χ1v) is 7.10. The van der Waals surface area contributed by atoms with Gasteiger partial charge in [0.1, 0.15) is 11.3 Å². The molecule has 0 radical (unpaired) electrons. The van der Waals surface area contributed by atoms with Crippen molar-refractivity contribution in [1.29, 1.82) is 5.26 Å². The van der Waals surface area contributed by atoms with Gasteiger partial charge >= 0.3 is 0 Å². The first kappa shape index (κ1) is 16.5. The van der Waals surface area contributed by atoms with E-state index in [0.29, 0.717) is 13.0 Å². The van der Waals surface area contributed by atoms with Crippen LogP contribution in [0.1, 0.15) is 51.7 Å². The van der Waals surface area contributed by atoms with E-state index >= 15 is 0 Å². The molecular weight excluding hydrogens is 248 g/mol. The number of nitriles is 1. The number of hydrogen-bond donors (Lipinski definition) is 1. The standard InChI is InChI=1S/C17H26N2O/c1-13-7-8-15(14(11-13)16(2,3)4)20-10-6-9-17(5,19)12-18/h7-8,11H,6,9-10,19H2,1-5H3. The molecule has 0 aliphatic heterocycles. The van der Waals surface area contributed by atoms with Crippen molar-refractivity contribution in [3.63, 3.8) is 0 Å². The SMILES string of the molecule is Cc1ccc(OCCCC(C)(N)C#N)c(C(C)(C)C)c1. The third kappa shape index (κ3) is 4.86. The lowest BCUT2D eigenvalue weighted by atomic mass is 9.85. The Morgan fingerprint density at radius 3 is 2.45 bits per heavy atom. The second kappa shape index (κ2) is 6.28. The molecule has 110 valence electrons. The lowest BCUT2D eigenvalue weighted by Gasteiger charge is -2.24. The highest BCUT2D eigenvalue weighted by Gasteiger charge is 2.20. The van der Waals surface area contributed by atoms with Crippen LogP contribution in [-0.2, 0) is 5.41 Å². The first-order chi connectivity index (χ1) is 9.15. The summed E-state index contributed by atoms with van der Waals surface area (Å²) in [5.74, 6) is 0.929. The molecule has 0 aliphatic rings. The summed E-state index contributed by atoms with van der Waals surface area (Å²) in [6.45, 7) is 11.0. The van der Waals surface area contributed by atoms with Crippen LogP contribution in [0.3, 0.4) is 0 Å². The van der Waals surface area contributed by atoms with Gasteiger partial charge in [0, 0.05) is 0 Å². The maximum absolute atomic E-state index is 8.88. The van der Waals surface area contributed by atoms with Gasteiger partial charge in [-0.2, -0.15) is 5.26 Å². The molecule has 3 nitrogen and oxygen atoms in total. The van der Waals surface area contributed by atoms with Gasteiger partial charge in [0.25, 0.3) is 0 Å². The minimum atomic E-state index is -0.760. The topological polar surface area (TPSA) is 59.0 Å². The predicted octanol–water partition coefficient (Wildman–Crippen LogP) is 3.69. The molecule has 0 amide bonds. The van der Waals surface area contributed by atoms with Gasteiger partial charge in [-0.05, 0) is 43.7 Å². The molecule has 0 saturated carbocycles. The molecule has 0 spiro atoms. The molecule has 0 saturated heterocycles. The minimum Gasteiger partial charge on any atom is -0.493 e. The number of aryl methyl sites for hydroxylation is 1. The summed E-state index contributed by atoms with van der Waals surface area (Å²) >= 11 is 0. The van der Waals surface area contributed by atoms with E-state index in [9.17, 15) is 0 Å². The van der Waals surface area contributed by atoms with Crippen LogP contribution in [0.15, 0.2) is 18.2 Å². The van der Waals surface area contributed by atoms with Crippen molar-refractivity contribution in [1.82, 2.24) is 0 Å². The molecule has 3 heteroatoms. The van der Waals surface area contributed by atoms with Gasteiger partial charge in [-0.15, -0.1) is 0 Å². The van der Waals surface area contributed by atoms with Gasteiger partial charge in [-0.1, -0.05) is 38.5 Å².